The highest BCUT2D eigenvalue weighted by molar-refractivity contribution is 5.95. The summed E-state index contributed by atoms with van der Waals surface area (Å²) >= 11 is 0. The number of nitrogens with zero attached hydrogens (tertiary/aromatic N) is 3. The van der Waals surface area contributed by atoms with Crippen molar-refractivity contribution in [1.82, 2.24) is 25.6 Å². The van der Waals surface area contributed by atoms with Crippen LogP contribution in [-0.2, 0) is 14.4 Å². The zero-order valence-electron chi connectivity index (χ0n) is 23.2. The van der Waals surface area contributed by atoms with Gasteiger partial charge in [0.2, 0.25) is 17.7 Å². The molecule has 1 aromatic carbocycles. The maximum Gasteiger partial charge on any atom is 0.337 e. The molecule has 5 unspecified atom stereocenters. The van der Waals surface area contributed by atoms with Crippen LogP contribution >= 0.6 is 0 Å². The van der Waals surface area contributed by atoms with Crippen LogP contribution in [0.15, 0.2) is 24.3 Å². The number of nitrogens with one attached hydrogen (secondary N) is 3. The predicted molar refractivity (Wildman–Crippen MR) is 144 cm³/mol. The molecule has 3 aliphatic rings. The monoisotopic (exact) mass is 526 g/mol. The predicted octanol–water partition coefficient (Wildman–Crippen LogP) is 3.05. The van der Waals surface area contributed by atoms with Crippen LogP contribution in [0.2, 0.25) is 0 Å². The van der Waals surface area contributed by atoms with Crippen molar-refractivity contribution in [3.63, 3.8) is 0 Å². The zero-order chi connectivity index (χ0) is 27.6. The molecule has 38 heavy (non-hydrogen) atoms. The largest absolute Gasteiger partial charge is 0.353 e. The molecule has 5 atom stereocenters. The summed E-state index contributed by atoms with van der Waals surface area (Å²) in [6.07, 6.45) is 2.59. The van der Waals surface area contributed by atoms with Gasteiger partial charge in [-0.15, -0.1) is 0 Å². The maximum atomic E-state index is 13.7. The van der Waals surface area contributed by atoms with Crippen molar-refractivity contribution in [3.8, 4) is 0 Å². The second-order valence-electron chi connectivity index (χ2n) is 11.4. The van der Waals surface area contributed by atoms with Gasteiger partial charge in [-0.25, -0.2) is 9.80 Å². The Hall–Kier alpha value is -3.14. The van der Waals surface area contributed by atoms with Crippen LogP contribution in [0, 0.1) is 24.7 Å². The van der Waals surface area contributed by atoms with Crippen molar-refractivity contribution in [1.29, 1.82) is 0 Å². The minimum Gasteiger partial charge on any atom is -0.353 e. The second-order valence-corrected chi connectivity index (χ2v) is 11.4. The fourth-order valence-corrected chi connectivity index (χ4v) is 5.54. The Morgan fingerprint density at radius 1 is 1.11 bits per heavy atom. The summed E-state index contributed by atoms with van der Waals surface area (Å²) in [5, 5.41) is 7.20. The smallest absolute Gasteiger partial charge is 0.337 e. The van der Waals surface area contributed by atoms with E-state index in [-0.39, 0.29) is 48.2 Å². The van der Waals surface area contributed by atoms with Crippen molar-refractivity contribution < 1.29 is 19.2 Å². The Bertz CT molecular complexity index is 1040. The van der Waals surface area contributed by atoms with E-state index in [9.17, 15) is 19.2 Å². The van der Waals surface area contributed by atoms with E-state index in [1.807, 2.05) is 45.0 Å². The Morgan fingerprint density at radius 3 is 2.47 bits per heavy atom. The highest BCUT2D eigenvalue weighted by Gasteiger charge is 2.56. The molecule has 3 fully saturated rings. The lowest BCUT2D eigenvalue weighted by Gasteiger charge is -2.50. The number of aryl methyl sites for hydroxylation is 1. The molecule has 0 radical (unpaired) electrons. The molecule has 2 aliphatic heterocycles. The summed E-state index contributed by atoms with van der Waals surface area (Å²) in [5.41, 5.74) is 4.88. The number of carbonyl (C=O) groups is 4. The van der Waals surface area contributed by atoms with E-state index in [2.05, 4.69) is 29.9 Å². The molecule has 0 bridgehead atoms. The van der Waals surface area contributed by atoms with Gasteiger partial charge in [0.25, 0.3) is 0 Å². The molecular weight excluding hydrogens is 484 g/mol. The van der Waals surface area contributed by atoms with Crippen LogP contribution in [0.1, 0.15) is 65.4 Å². The van der Waals surface area contributed by atoms with Crippen LogP contribution in [-0.4, -0.2) is 70.0 Å². The van der Waals surface area contributed by atoms with Crippen LogP contribution in [0.25, 0.3) is 0 Å². The van der Waals surface area contributed by atoms with Crippen LogP contribution in [0.3, 0.4) is 0 Å². The molecule has 2 saturated heterocycles. The first kappa shape index (κ1) is 27.9. The third-order valence-corrected chi connectivity index (χ3v) is 8.01. The molecule has 1 saturated carbocycles. The number of rotatable bonds is 9. The van der Waals surface area contributed by atoms with Crippen molar-refractivity contribution >= 4 is 29.4 Å². The summed E-state index contributed by atoms with van der Waals surface area (Å²) in [6.45, 7) is 10.5. The van der Waals surface area contributed by atoms with Gasteiger partial charge in [0, 0.05) is 30.2 Å². The van der Waals surface area contributed by atoms with E-state index in [1.54, 1.807) is 9.80 Å². The number of benzene rings is 1. The lowest BCUT2D eigenvalue weighted by atomic mass is 9.75. The summed E-state index contributed by atoms with van der Waals surface area (Å²) in [7, 11) is 0. The lowest BCUT2D eigenvalue weighted by Crippen LogP contribution is -2.67. The van der Waals surface area contributed by atoms with Gasteiger partial charge in [-0.1, -0.05) is 38.5 Å². The Kier molecular flexibility index (Phi) is 8.60. The van der Waals surface area contributed by atoms with Gasteiger partial charge >= 0.3 is 6.03 Å². The number of hydrogen-bond acceptors (Lipinski definition) is 5. The van der Waals surface area contributed by atoms with Crippen LogP contribution < -0.4 is 16.1 Å². The first-order valence-corrected chi connectivity index (χ1v) is 13.9. The van der Waals surface area contributed by atoms with Gasteiger partial charge in [-0.2, -0.15) is 5.43 Å². The Labute approximate surface area is 225 Å². The third-order valence-electron chi connectivity index (χ3n) is 8.01. The minimum atomic E-state index is -0.668. The highest BCUT2D eigenvalue weighted by atomic mass is 16.2. The molecule has 10 heteroatoms. The topological polar surface area (TPSA) is 114 Å². The van der Waals surface area contributed by atoms with Gasteiger partial charge in [0.1, 0.15) is 6.54 Å². The molecule has 4 rings (SSSR count). The summed E-state index contributed by atoms with van der Waals surface area (Å²) in [4.78, 5) is 56.6. The fraction of sp³-hybridized carbons (Fsp3) is 0.643. The molecule has 0 aromatic heterocycles. The molecule has 1 aromatic rings. The fourth-order valence-electron chi connectivity index (χ4n) is 5.54. The van der Waals surface area contributed by atoms with Crippen molar-refractivity contribution in [2.24, 2.45) is 17.8 Å². The number of hydrogen-bond donors (Lipinski definition) is 3. The quantitative estimate of drug-likeness (QED) is 0.458. The van der Waals surface area contributed by atoms with Gasteiger partial charge in [-0.3, -0.25) is 19.3 Å². The van der Waals surface area contributed by atoms with E-state index in [1.165, 1.54) is 5.01 Å². The van der Waals surface area contributed by atoms with Gasteiger partial charge in [-0.05, 0) is 64.0 Å². The van der Waals surface area contributed by atoms with Gasteiger partial charge in [0.05, 0.1) is 5.92 Å². The standard InChI is InChI=1S/C28H42N6O4/c1-6-19(5)29-25(36)20-9-12-22-23(15-20)34-27(32(26(22)37)14-13-17(2)3)31-33(28(34)38)16-24(35)30-21-10-7-18(4)8-11-21/h7-8,10-11,17,19-20,22-23,27,31H,6,9,12-16H2,1-5H3,(H,29,36)(H,30,35). The van der Waals surface area contributed by atoms with Crippen LogP contribution in [0.5, 0.6) is 0 Å². The summed E-state index contributed by atoms with van der Waals surface area (Å²) in [6, 6.07) is 6.79. The average molecular weight is 527 g/mol. The molecule has 1 aliphatic carbocycles. The molecule has 0 spiro atoms. The second kappa shape index (κ2) is 11.7. The number of urea groups is 1. The summed E-state index contributed by atoms with van der Waals surface area (Å²) < 4.78 is 0. The SMILES string of the molecule is CCC(C)NC(=O)C1CCC2C(=O)N(CCC(C)C)C3NN(CC(=O)Nc4ccc(C)cc4)C(=O)N3C2C1. The van der Waals surface area contributed by atoms with E-state index in [0.717, 1.165) is 18.4 Å². The van der Waals surface area contributed by atoms with E-state index >= 15 is 0 Å². The lowest BCUT2D eigenvalue weighted by molar-refractivity contribution is -0.159. The van der Waals surface area contributed by atoms with E-state index in [0.29, 0.717) is 37.4 Å². The van der Waals surface area contributed by atoms with Crippen molar-refractivity contribution in [3.05, 3.63) is 29.8 Å². The molecule has 208 valence electrons. The number of carbonyl (C=O) groups excluding carboxylic acids is 4. The van der Waals surface area contributed by atoms with Crippen molar-refractivity contribution in [2.75, 3.05) is 18.4 Å². The molecule has 10 nitrogen and oxygen atoms in total. The number of fused-ring (bicyclic) bond motifs is 3. The van der Waals surface area contributed by atoms with Crippen molar-refractivity contribution in [2.45, 2.75) is 85.1 Å². The summed E-state index contributed by atoms with van der Waals surface area (Å²) in [5.74, 6) is -0.546. The minimum absolute atomic E-state index is 0.0158. The number of hydrazine groups is 1. The zero-order valence-corrected chi connectivity index (χ0v) is 23.2. The van der Waals surface area contributed by atoms with Gasteiger partial charge < -0.3 is 15.5 Å². The molecule has 5 amide bonds. The molecule has 2 heterocycles. The first-order chi connectivity index (χ1) is 18.1. The first-order valence-electron chi connectivity index (χ1n) is 13.9. The van der Waals surface area contributed by atoms with E-state index < -0.39 is 12.3 Å². The Morgan fingerprint density at radius 2 is 1.82 bits per heavy atom. The normalized spacial score (nSPS) is 25.8. The molecular formula is C28H42N6O4. The average Bonchev–Trinajstić information content (AvgIpc) is 3.20. The third kappa shape index (κ3) is 5.95. The number of amides is 5. The molecule has 3 N–H and O–H groups in total. The maximum absolute atomic E-state index is 13.7. The Balaban J connectivity index is 1.52. The van der Waals surface area contributed by atoms with Crippen LogP contribution in [0.4, 0.5) is 10.5 Å². The van der Waals surface area contributed by atoms with E-state index in [4.69, 9.17) is 0 Å². The highest BCUT2D eigenvalue weighted by Crippen LogP contribution is 2.40. The number of anilines is 1. The van der Waals surface area contributed by atoms with Gasteiger partial charge in [0.15, 0.2) is 6.29 Å².